The molecule has 0 saturated carbocycles. The fourth-order valence-electron chi connectivity index (χ4n) is 2.98. The number of rotatable bonds is 2. The molecule has 3 heterocycles. The number of hydrogen-bond acceptors (Lipinski definition) is 7. The first-order chi connectivity index (χ1) is 11.2. The van der Waals surface area contributed by atoms with Crippen molar-refractivity contribution in [1.82, 2.24) is 19.6 Å². The molecular formula is C15H14N4O3S. The molecule has 0 aromatic carbocycles. The van der Waals surface area contributed by atoms with Crippen molar-refractivity contribution in [2.75, 3.05) is 7.11 Å². The summed E-state index contributed by atoms with van der Waals surface area (Å²) in [6.07, 6.45) is 5.72. The number of thiophene rings is 1. The summed E-state index contributed by atoms with van der Waals surface area (Å²) in [5, 5.41) is 5.16. The van der Waals surface area contributed by atoms with Gasteiger partial charge in [-0.2, -0.15) is 10.1 Å². The van der Waals surface area contributed by atoms with Crippen molar-refractivity contribution in [3.8, 4) is 0 Å². The van der Waals surface area contributed by atoms with Crippen LogP contribution in [0.3, 0.4) is 0 Å². The predicted molar refractivity (Wildman–Crippen MR) is 84.8 cm³/mol. The molecule has 0 amide bonds. The van der Waals surface area contributed by atoms with Crippen LogP contribution in [-0.4, -0.2) is 32.7 Å². The molecule has 118 valence electrons. The van der Waals surface area contributed by atoms with E-state index in [2.05, 4.69) is 19.8 Å². The number of nitrogens with zero attached hydrogens (tertiary/aromatic N) is 4. The normalized spacial score (nSPS) is 14.1. The van der Waals surface area contributed by atoms with Crippen LogP contribution in [0.15, 0.2) is 11.1 Å². The van der Waals surface area contributed by atoms with Crippen LogP contribution in [0.5, 0.6) is 0 Å². The van der Waals surface area contributed by atoms with Crippen molar-refractivity contribution >= 4 is 33.2 Å². The van der Waals surface area contributed by atoms with Gasteiger partial charge in [0.15, 0.2) is 5.65 Å². The summed E-state index contributed by atoms with van der Waals surface area (Å²) < 4.78 is 6.07. The Bertz CT molecular complexity index is 992. The Labute approximate surface area is 134 Å². The van der Waals surface area contributed by atoms with Crippen molar-refractivity contribution in [2.24, 2.45) is 0 Å². The molecule has 0 fully saturated rings. The summed E-state index contributed by atoms with van der Waals surface area (Å²) in [6.45, 7) is 0. The minimum atomic E-state index is -0.515. The van der Waals surface area contributed by atoms with Crippen molar-refractivity contribution in [1.29, 1.82) is 0 Å². The Hall–Kier alpha value is -2.35. The van der Waals surface area contributed by atoms with E-state index in [0.29, 0.717) is 5.65 Å². The highest BCUT2D eigenvalue weighted by atomic mass is 32.1. The van der Waals surface area contributed by atoms with Gasteiger partial charge in [0, 0.05) is 4.88 Å². The van der Waals surface area contributed by atoms with Gasteiger partial charge in [-0.1, -0.05) is 0 Å². The lowest BCUT2D eigenvalue weighted by atomic mass is 9.97. The SMILES string of the molecule is COC(=O)Cc1nn2cnc3sc4c(c3c2nc1=O)CCCC4. The molecule has 0 bridgehead atoms. The Morgan fingerprint density at radius 2 is 2.22 bits per heavy atom. The average molecular weight is 330 g/mol. The van der Waals surface area contributed by atoms with Gasteiger partial charge in [0.2, 0.25) is 0 Å². The monoisotopic (exact) mass is 330 g/mol. The van der Waals surface area contributed by atoms with Crippen LogP contribution in [0.4, 0.5) is 0 Å². The van der Waals surface area contributed by atoms with Crippen LogP contribution >= 0.6 is 11.3 Å². The maximum Gasteiger partial charge on any atom is 0.311 e. The molecule has 0 spiro atoms. The molecule has 3 aromatic heterocycles. The second-order valence-electron chi connectivity index (χ2n) is 5.52. The fraction of sp³-hybridized carbons (Fsp3) is 0.400. The quantitative estimate of drug-likeness (QED) is 0.658. The first kappa shape index (κ1) is 14.3. The number of carbonyl (C=O) groups is 1. The summed E-state index contributed by atoms with van der Waals surface area (Å²) in [5.41, 5.74) is 1.35. The van der Waals surface area contributed by atoms with E-state index < -0.39 is 11.5 Å². The van der Waals surface area contributed by atoms with Crippen LogP contribution in [-0.2, 0) is 28.8 Å². The smallest absolute Gasteiger partial charge is 0.311 e. The summed E-state index contributed by atoms with van der Waals surface area (Å²) in [7, 11) is 1.27. The molecule has 23 heavy (non-hydrogen) atoms. The van der Waals surface area contributed by atoms with Gasteiger partial charge >= 0.3 is 5.97 Å². The first-order valence-electron chi connectivity index (χ1n) is 7.43. The molecule has 0 atom stereocenters. The van der Waals surface area contributed by atoms with Crippen molar-refractivity contribution in [2.45, 2.75) is 32.1 Å². The lowest BCUT2D eigenvalue weighted by Crippen LogP contribution is -2.22. The summed E-state index contributed by atoms with van der Waals surface area (Å²) in [6, 6.07) is 0. The molecule has 4 rings (SSSR count). The number of carbonyl (C=O) groups excluding carboxylic acids is 1. The van der Waals surface area contributed by atoms with Crippen LogP contribution in [0.1, 0.15) is 29.0 Å². The molecule has 0 unspecified atom stereocenters. The number of aromatic nitrogens is 4. The number of hydrogen-bond donors (Lipinski definition) is 0. The van der Waals surface area contributed by atoms with Gasteiger partial charge in [0.05, 0.1) is 18.9 Å². The van der Waals surface area contributed by atoms with E-state index >= 15 is 0 Å². The van der Waals surface area contributed by atoms with Crippen molar-refractivity contribution in [3.63, 3.8) is 0 Å². The Kier molecular flexibility index (Phi) is 3.33. The largest absolute Gasteiger partial charge is 0.469 e. The third kappa shape index (κ3) is 2.29. The van der Waals surface area contributed by atoms with Crippen molar-refractivity contribution < 1.29 is 9.53 Å². The maximum absolute atomic E-state index is 12.2. The Morgan fingerprint density at radius 1 is 1.39 bits per heavy atom. The highest BCUT2D eigenvalue weighted by Gasteiger charge is 2.21. The molecule has 3 aromatic rings. The molecule has 7 nitrogen and oxygen atoms in total. The van der Waals surface area contributed by atoms with Gasteiger partial charge in [-0.15, -0.1) is 11.3 Å². The van der Waals surface area contributed by atoms with E-state index in [9.17, 15) is 9.59 Å². The number of ether oxygens (including phenoxy) is 1. The zero-order valence-electron chi connectivity index (χ0n) is 12.5. The van der Waals surface area contributed by atoms with Gasteiger partial charge in [0.1, 0.15) is 16.9 Å². The van der Waals surface area contributed by atoms with Gasteiger partial charge in [0.25, 0.3) is 5.56 Å². The molecule has 0 N–H and O–H groups in total. The summed E-state index contributed by atoms with van der Waals surface area (Å²) in [5.74, 6) is -0.515. The highest BCUT2D eigenvalue weighted by molar-refractivity contribution is 7.19. The zero-order chi connectivity index (χ0) is 16.0. The third-order valence-electron chi connectivity index (χ3n) is 4.10. The van der Waals surface area contributed by atoms with Crippen LogP contribution in [0.2, 0.25) is 0 Å². The van der Waals surface area contributed by atoms with Gasteiger partial charge in [-0.3, -0.25) is 9.59 Å². The molecule has 0 saturated heterocycles. The molecular weight excluding hydrogens is 316 g/mol. The maximum atomic E-state index is 12.2. The number of methoxy groups -OCH3 is 1. The molecule has 8 heteroatoms. The summed E-state index contributed by atoms with van der Waals surface area (Å²) >= 11 is 1.67. The number of fused-ring (bicyclic) bond motifs is 5. The molecule has 1 aliphatic carbocycles. The lowest BCUT2D eigenvalue weighted by Gasteiger charge is -2.10. The highest BCUT2D eigenvalue weighted by Crippen LogP contribution is 2.36. The van der Waals surface area contributed by atoms with E-state index in [-0.39, 0.29) is 12.1 Å². The van der Waals surface area contributed by atoms with Gasteiger partial charge in [-0.25, -0.2) is 9.50 Å². The van der Waals surface area contributed by atoms with Crippen LogP contribution in [0, 0.1) is 0 Å². The summed E-state index contributed by atoms with van der Waals surface area (Å²) in [4.78, 5) is 34.4. The zero-order valence-corrected chi connectivity index (χ0v) is 13.4. The Balaban J connectivity index is 1.96. The van der Waals surface area contributed by atoms with E-state index in [1.54, 1.807) is 17.7 Å². The standard InChI is InChI=1S/C15H14N4O3S/c1-22-11(20)6-9-14(21)17-13-12-8-4-2-3-5-10(8)23-15(12)16-7-19(13)18-9/h7H,2-6H2,1H3. The minimum absolute atomic E-state index is 0.0691. The van der Waals surface area contributed by atoms with Gasteiger partial charge < -0.3 is 4.74 Å². The van der Waals surface area contributed by atoms with Crippen molar-refractivity contribution in [3.05, 3.63) is 32.8 Å². The number of aryl methyl sites for hydroxylation is 2. The lowest BCUT2D eigenvalue weighted by molar-refractivity contribution is -0.139. The minimum Gasteiger partial charge on any atom is -0.469 e. The topological polar surface area (TPSA) is 86.4 Å². The van der Waals surface area contributed by atoms with Crippen LogP contribution < -0.4 is 5.56 Å². The molecule has 0 aliphatic heterocycles. The number of esters is 1. The van der Waals surface area contributed by atoms with E-state index in [4.69, 9.17) is 0 Å². The van der Waals surface area contributed by atoms with Gasteiger partial charge in [-0.05, 0) is 31.2 Å². The second-order valence-corrected chi connectivity index (χ2v) is 6.60. The van der Waals surface area contributed by atoms with Crippen LogP contribution in [0.25, 0.3) is 15.9 Å². The first-order valence-corrected chi connectivity index (χ1v) is 8.24. The van der Waals surface area contributed by atoms with E-state index in [0.717, 1.165) is 29.5 Å². The second kappa shape index (κ2) is 5.38. The van der Waals surface area contributed by atoms with E-state index in [1.165, 1.54) is 28.5 Å². The predicted octanol–water partition coefficient (Wildman–Crippen LogP) is 1.29. The third-order valence-corrected chi connectivity index (χ3v) is 5.30. The average Bonchev–Trinajstić information content (AvgIpc) is 2.94. The fourth-order valence-corrected chi connectivity index (χ4v) is 4.21. The van der Waals surface area contributed by atoms with E-state index in [1.807, 2.05) is 0 Å². The Morgan fingerprint density at radius 3 is 3.04 bits per heavy atom. The molecule has 1 aliphatic rings. The molecule has 0 radical (unpaired) electrons.